The smallest absolute Gasteiger partial charge is 0.147 e. The summed E-state index contributed by atoms with van der Waals surface area (Å²) in [7, 11) is 3.80. The Labute approximate surface area is 130 Å². The first kappa shape index (κ1) is 16.0. The monoisotopic (exact) mass is 306 g/mol. The Kier molecular flexibility index (Phi) is 6.22. The number of hydrogen-bond acceptors (Lipinski definition) is 5. The number of ether oxygens (including phenoxy) is 1. The van der Waals surface area contributed by atoms with Crippen molar-refractivity contribution in [2.75, 3.05) is 27.0 Å². The molecule has 0 amide bonds. The second-order valence-corrected chi connectivity index (χ2v) is 5.84. The molecule has 6 heteroatoms. The van der Waals surface area contributed by atoms with Crippen molar-refractivity contribution in [3.8, 4) is 0 Å². The lowest BCUT2D eigenvalue weighted by molar-refractivity contribution is 0.184. The zero-order valence-electron chi connectivity index (χ0n) is 12.8. The van der Waals surface area contributed by atoms with Crippen LogP contribution in [0.4, 0.5) is 0 Å². The van der Waals surface area contributed by atoms with Crippen LogP contribution in [0, 0.1) is 0 Å². The Morgan fingerprint density at radius 1 is 1.33 bits per heavy atom. The zero-order chi connectivity index (χ0) is 15.1. The van der Waals surface area contributed by atoms with E-state index in [1.165, 1.54) is 10.5 Å². The van der Waals surface area contributed by atoms with E-state index >= 15 is 0 Å². The summed E-state index contributed by atoms with van der Waals surface area (Å²) in [6.07, 6.45) is 3.86. The molecular weight excluding hydrogens is 284 g/mol. The molecule has 0 fully saturated rings. The summed E-state index contributed by atoms with van der Waals surface area (Å²) < 4.78 is 7.14. The van der Waals surface area contributed by atoms with Crippen LogP contribution in [-0.4, -0.2) is 46.7 Å². The minimum atomic E-state index is 0.671. The number of hydrogen-bond donors (Lipinski definition) is 0. The Hall–Kier alpha value is -1.37. The highest BCUT2D eigenvalue weighted by Crippen LogP contribution is 2.17. The molecule has 1 aromatic heterocycles. The molecule has 0 saturated carbocycles. The van der Waals surface area contributed by atoms with Gasteiger partial charge in [-0.05, 0) is 31.0 Å². The Morgan fingerprint density at radius 3 is 2.95 bits per heavy atom. The van der Waals surface area contributed by atoms with E-state index in [1.54, 1.807) is 25.2 Å². The molecule has 0 atom stereocenters. The third-order valence-electron chi connectivity index (χ3n) is 3.23. The highest BCUT2D eigenvalue weighted by Gasteiger charge is 2.08. The van der Waals surface area contributed by atoms with Crippen molar-refractivity contribution in [2.24, 2.45) is 0 Å². The lowest BCUT2D eigenvalue weighted by Crippen LogP contribution is -2.20. The van der Waals surface area contributed by atoms with Crippen molar-refractivity contribution in [1.82, 2.24) is 19.7 Å². The van der Waals surface area contributed by atoms with Crippen LogP contribution in [0.2, 0.25) is 0 Å². The third kappa shape index (κ3) is 4.84. The molecule has 0 N–H and O–H groups in total. The van der Waals surface area contributed by atoms with Crippen LogP contribution >= 0.6 is 11.8 Å². The zero-order valence-corrected chi connectivity index (χ0v) is 13.6. The summed E-state index contributed by atoms with van der Waals surface area (Å²) in [6.45, 7) is 3.12. The van der Waals surface area contributed by atoms with E-state index in [0.717, 1.165) is 25.5 Å². The van der Waals surface area contributed by atoms with Gasteiger partial charge >= 0.3 is 0 Å². The molecule has 1 heterocycles. The average Bonchev–Trinajstić information content (AvgIpc) is 2.92. The van der Waals surface area contributed by atoms with Crippen molar-refractivity contribution >= 4 is 11.8 Å². The second kappa shape index (κ2) is 8.17. The van der Waals surface area contributed by atoms with Crippen LogP contribution < -0.4 is 0 Å². The standard InChI is InChI=1S/C15H22N4OS/c1-18(10-13-5-4-6-14(9-13)21-3)11-15-17-16-12-19(15)7-8-20-2/h4-6,9,12H,7-8,10-11H2,1-3H3. The Bertz CT molecular complexity index is 558. The fraction of sp³-hybridized carbons (Fsp3) is 0.467. The highest BCUT2D eigenvalue weighted by molar-refractivity contribution is 7.98. The van der Waals surface area contributed by atoms with Gasteiger partial charge in [-0.1, -0.05) is 12.1 Å². The van der Waals surface area contributed by atoms with Crippen LogP contribution in [0.5, 0.6) is 0 Å². The number of thioether (sulfide) groups is 1. The number of methoxy groups -OCH3 is 1. The van der Waals surface area contributed by atoms with Gasteiger partial charge in [-0.3, -0.25) is 4.90 Å². The first-order chi connectivity index (χ1) is 10.2. The highest BCUT2D eigenvalue weighted by atomic mass is 32.2. The lowest BCUT2D eigenvalue weighted by Gasteiger charge is -2.17. The van der Waals surface area contributed by atoms with Gasteiger partial charge in [0, 0.05) is 25.1 Å². The molecule has 2 rings (SSSR count). The van der Waals surface area contributed by atoms with Gasteiger partial charge < -0.3 is 9.30 Å². The topological polar surface area (TPSA) is 43.2 Å². The van der Waals surface area contributed by atoms with E-state index in [9.17, 15) is 0 Å². The maximum atomic E-state index is 5.10. The predicted molar refractivity (Wildman–Crippen MR) is 85.3 cm³/mol. The lowest BCUT2D eigenvalue weighted by atomic mass is 10.2. The largest absolute Gasteiger partial charge is 0.383 e. The van der Waals surface area contributed by atoms with Gasteiger partial charge in [-0.2, -0.15) is 0 Å². The third-order valence-corrected chi connectivity index (χ3v) is 3.96. The van der Waals surface area contributed by atoms with E-state index in [0.29, 0.717) is 6.61 Å². The van der Waals surface area contributed by atoms with Gasteiger partial charge in [-0.25, -0.2) is 0 Å². The van der Waals surface area contributed by atoms with Crippen molar-refractivity contribution in [2.45, 2.75) is 24.5 Å². The number of aromatic nitrogens is 3. The molecule has 0 spiro atoms. The van der Waals surface area contributed by atoms with Crippen LogP contribution in [0.15, 0.2) is 35.5 Å². The van der Waals surface area contributed by atoms with Crippen molar-refractivity contribution in [3.63, 3.8) is 0 Å². The molecule has 2 aromatic rings. The fourth-order valence-electron chi connectivity index (χ4n) is 2.16. The molecule has 0 aliphatic carbocycles. The van der Waals surface area contributed by atoms with Crippen LogP contribution in [-0.2, 0) is 24.4 Å². The van der Waals surface area contributed by atoms with Crippen molar-refractivity contribution in [3.05, 3.63) is 42.0 Å². The second-order valence-electron chi connectivity index (χ2n) is 4.96. The molecule has 0 aliphatic rings. The molecular formula is C15H22N4OS. The van der Waals surface area contributed by atoms with E-state index < -0.39 is 0 Å². The van der Waals surface area contributed by atoms with Gasteiger partial charge in [0.2, 0.25) is 0 Å². The normalized spacial score (nSPS) is 11.2. The van der Waals surface area contributed by atoms with Crippen molar-refractivity contribution < 1.29 is 4.74 Å². The van der Waals surface area contributed by atoms with Crippen LogP contribution in [0.25, 0.3) is 0 Å². The summed E-state index contributed by atoms with van der Waals surface area (Å²) in [4.78, 5) is 3.54. The van der Waals surface area contributed by atoms with E-state index in [-0.39, 0.29) is 0 Å². The predicted octanol–water partition coefficient (Wildman–Crippen LogP) is 2.28. The maximum absolute atomic E-state index is 5.10. The molecule has 5 nitrogen and oxygen atoms in total. The molecule has 0 saturated heterocycles. The summed E-state index contributed by atoms with van der Waals surface area (Å²) in [5, 5.41) is 8.19. The average molecular weight is 306 g/mol. The molecule has 0 unspecified atom stereocenters. The van der Waals surface area contributed by atoms with E-state index in [4.69, 9.17) is 4.74 Å². The molecule has 0 radical (unpaired) electrons. The Morgan fingerprint density at radius 2 is 2.19 bits per heavy atom. The molecule has 0 bridgehead atoms. The molecule has 0 aliphatic heterocycles. The Balaban J connectivity index is 1.94. The molecule has 114 valence electrons. The minimum Gasteiger partial charge on any atom is -0.383 e. The summed E-state index contributed by atoms with van der Waals surface area (Å²) in [5.41, 5.74) is 1.31. The minimum absolute atomic E-state index is 0.671. The first-order valence-corrected chi connectivity index (χ1v) is 8.12. The quantitative estimate of drug-likeness (QED) is 0.700. The number of benzene rings is 1. The first-order valence-electron chi connectivity index (χ1n) is 6.90. The van der Waals surface area contributed by atoms with Crippen molar-refractivity contribution in [1.29, 1.82) is 0 Å². The van der Waals surface area contributed by atoms with Crippen LogP contribution in [0.3, 0.4) is 0 Å². The van der Waals surface area contributed by atoms with Gasteiger partial charge in [-0.15, -0.1) is 22.0 Å². The number of nitrogens with zero attached hydrogens (tertiary/aromatic N) is 4. The SMILES string of the molecule is COCCn1cnnc1CN(C)Cc1cccc(SC)c1. The summed E-state index contributed by atoms with van der Waals surface area (Å²) in [6, 6.07) is 8.63. The molecule has 21 heavy (non-hydrogen) atoms. The fourth-order valence-corrected chi connectivity index (χ4v) is 2.64. The number of rotatable bonds is 8. The van der Waals surface area contributed by atoms with Crippen LogP contribution in [0.1, 0.15) is 11.4 Å². The van der Waals surface area contributed by atoms with Gasteiger partial charge in [0.25, 0.3) is 0 Å². The van der Waals surface area contributed by atoms with Gasteiger partial charge in [0.1, 0.15) is 12.2 Å². The summed E-state index contributed by atoms with van der Waals surface area (Å²) in [5.74, 6) is 0.968. The maximum Gasteiger partial charge on any atom is 0.147 e. The van der Waals surface area contributed by atoms with E-state index in [2.05, 4.69) is 52.7 Å². The summed E-state index contributed by atoms with van der Waals surface area (Å²) >= 11 is 1.77. The molecule has 1 aromatic carbocycles. The van der Waals surface area contributed by atoms with Gasteiger partial charge in [0.15, 0.2) is 0 Å². The van der Waals surface area contributed by atoms with E-state index in [1.807, 2.05) is 4.57 Å². The van der Waals surface area contributed by atoms with Gasteiger partial charge in [0.05, 0.1) is 13.2 Å².